The molecule has 0 fully saturated rings. The molecular weight excluding hydrogens is 196 g/mol. The van der Waals surface area contributed by atoms with Gasteiger partial charge in [0.2, 0.25) is 0 Å². The molecule has 0 spiro atoms. The molecule has 0 aliphatic rings. The number of aryl methyl sites for hydroxylation is 1. The van der Waals surface area contributed by atoms with Gasteiger partial charge in [0.05, 0.1) is 5.84 Å². The van der Waals surface area contributed by atoms with Crippen LogP contribution in [0.4, 0.5) is 0 Å². The van der Waals surface area contributed by atoms with Crippen LogP contribution in [-0.2, 0) is 6.42 Å². The lowest BCUT2D eigenvalue weighted by molar-refractivity contribution is 0.804. The summed E-state index contributed by atoms with van der Waals surface area (Å²) in [6.07, 6.45) is 5.44. The number of benzene rings is 1. The molecule has 1 rings (SSSR count). The van der Waals surface area contributed by atoms with Gasteiger partial charge in [0, 0.05) is 13.0 Å². The van der Waals surface area contributed by atoms with Gasteiger partial charge in [0.25, 0.3) is 0 Å². The molecule has 1 aromatic carbocycles. The Labute approximate surface area is 98.6 Å². The molecular formula is C14H22N2. The zero-order chi connectivity index (χ0) is 11.6. The summed E-state index contributed by atoms with van der Waals surface area (Å²) < 4.78 is 0. The van der Waals surface area contributed by atoms with Crippen molar-refractivity contribution in [3.05, 3.63) is 35.9 Å². The number of hydrogen-bond acceptors (Lipinski definition) is 1. The van der Waals surface area contributed by atoms with Crippen LogP contribution in [0, 0.1) is 0 Å². The summed E-state index contributed by atoms with van der Waals surface area (Å²) in [5, 5.41) is 0. The molecule has 0 amide bonds. The van der Waals surface area contributed by atoms with E-state index in [1.807, 2.05) is 6.07 Å². The van der Waals surface area contributed by atoms with E-state index in [4.69, 9.17) is 5.73 Å². The second kappa shape index (κ2) is 7.91. The summed E-state index contributed by atoms with van der Waals surface area (Å²) in [6, 6.07) is 10.5. The van der Waals surface area contributed by atoms with Crippen LogP contribution in [0.15, 0.2) is 35.3 Å². The largest absolute Gasteiger partial charge is 0.387 e. The summed E-state index contributed by atoms with van der Waals surface area (Å²) in [5.41, 5.74) is 7.17. The Morgan fingerprint density at radius 1 is 1.19 bits per heavy atom. The molecule has 88 valence electrons. The normalized spacial score (nSPS) is 11.7. The standard InChI is InChI=1S/C14H22N2/c1-2-3-11-14(15)16-12-7-10-13-8-5-4-6-9-13/h4-6,8-9H,2-3,7,10-12H2,1H3,(H2,15,16). The summed E-state index contributed by atoms with van der Waals surface area (Å²) in [7, 11) is 0. The maximum absolute atomic E-state index is 5.79. The van der Waals surface area contributed by atoms with Crippen molar-refractivity contribution in [2.24, 2.45) is 10.7 Å². The van der Waals surface area contributed by atoms with Gasteiger partial charge in [-0.3, -0.25) is 4.99 Å². The van der Waals surface area contributed by atoms with Gasteiger partial charge in [0.1, 0.15) is 0 Å². The van der Waals surface area contributed by atoms with E-state index in [2.05, 4.69) is 36.2 Å². The van der Waals surface area contributed by atoms with Crippen molar-refractivity contribution < 1.29 is 0 Å². The molecule has 0 aromatic heterocycles. The smallest absolute Gasteiger partial charge is 0.0937 e. The van der Waals surface area contributed by atoms with E-state index in [0.29, 0.717) is 0 Å². The van der Waals surface area contributed by atoms with Gasteiger partial charge in [-0.2, -0.15) is 0 Å². The van der Waals surface area contributed by atoms with E-state index in [1.54, 1.807) is 0 Å². The van der Waals surface area contributed by atoms with Crippen molar-refractivity contribution >= 4 is 5.84 Å². The fraction of sp³-hybridized carbons (Fsp3) is 0.500. The predicted molar refractivity (Wildman–Crippen MR) is 70.8 cm³/mol. The van der Waals surface area contributed by atoms with Gasteiger partial charge in [-0.05, 0) is 24.8 Å². The molecule has 0 atom stereocenters. The van der Waals surface area contributed by atoms with Crippen molar-refractivity contribution in [1.29, 1.82) is 0 Å². The lowest BCUT2D eigenvalue weighted by Gasteiger charge is -2.01. The molecule has 0 aliphatic carbocycles. The molecule has 0 saturated heterocycles. The average Bonchev–Trinajstić information content (AvgIpc) is 2.33. The Balaban J connectivity index is 2.16. The number of unbranched alkanes of at least 4 members (excludes halogenated alkanes) is 1. The van der Waals surface area contributed by atoms with E-state index >= 15 is 0 Å². The second-order valence-corrected chi connectivity index (χ2v) is 4.07. The lowest BCUT2D eigenvalue weighted by Crippen LogP contribution is -2.12. The molecule has 2 nitrogen and oxygen atoms in total. The highest BCUT2D eigenvalue weighted by Crippen LogP contribution is 2.02. The van der Waals surface area contributed by atoms with Gasteiger partial charge in [-0.25, -0.2) is 0 Å². The Bertz CT molecular complexity index is 304. The van der Waals surface area contributed by atoms with Gasteiger partial charge in [0.15, 0.2) is 0 Å². The highest BCUT2D eigenvalue weighted by Gasteiger charge is 1.93. The van der Waals surface area contributed by atoms with Crippen molar-refractivity contribution in [2.75, 3.05) is 6.54 Å². The Morgan fingerprint density at radius 3 is 2.62 bits per heavy atom. The van der Waals surface area contributed by atoms with Crippen molar-refractivity contribution in [1.82, 2.24) is 0 Å². The number of nitrogens with two attached hydrogens (primary N) is 1. The fourth-order valence-corrected chi connectivity index (χ4v) is 1.59. The maximum Gasteiger partial charge on any atom is 0.0937 e. The van der Waals surface area contributed by atoms with Gasteiger partial charge in [-0.15, -0.1) is 0 Å². The molecule has 16 heavy (non-hydrogen) atoms. The fourth-order valence-electron chi connectivity index (χ4n) is 1.59. The molecule has 0 heterocycles. The molecule has 2 N–H and O–H groups in total. The minimum Gasteiger partial charge on any atom is -0.387 e. The minimum absolute atomic E-state index is 0.815. The third-order valence-electron chi connectivity index (χ3n) is 2.57. The molecule has 0 saturated carbocycles. The van der Waals surface area contributed by atoms with Crippen LogP contribution in [0.3, 0.4) is 0 Å². The van der Waals surface area contributed by atoms with E-state index in [1.165, 1.54) is 12.0 Å². The highest BCUT2D eigenvalue weighted by molar-refractivity contribution is 5.80. The molecule has 0 aliphatic heterocycles. The van der Waals surface area contributed by atoms with E-state index < -0.39 is 0 Å². The number of aliphatic imine (C=N–C) groups is 1. The SMILES string of the molecule is CCCCC(N)=NCCCc1ccccc1. The topological polar surface area (TPSA) is 38.4 Å². The van der Waals surface area contributed by atoms with Crippen LogP contribution in [-0.4, -0.2) is 12.4 Å². The Kier molecular flexibility index (Phi) is 6.31. The van der Waals surface area contributed by atoms with Gasteiger partial charge >= 0.3 is 0 Å². The number of rotatable bonds is 7. The molecule has 0 unspecified atom stereocenters. The van der Waals surface area contributed by atoms with Gasteiger partial charge in [-0.1, -0.05) is 43.7 Å². The van der Waals surface area contributed by atoms with Crippen LogP contribution in [0.2, 0.25) is 0 Å². The predicted octanol–water partition coefficient (Wildman–Crippen LogP) is 3.17. The Hall–Kier alpha value is -1.31. The summed E-state index contributed by atoms with van der Waals surface area (Å²) in [5.74, 6) is 0.815. The van der Waals surface area contributed by atoms with Crippen molar-refractivity contribution in [2.45, 2.75) is 39.0 Å². The van der Waals surface area contributed by atoms with Crippen LogP contribution in [0.1, 0.15) is 38.2 Å². The van der Waals surface area contributed by atoms with E-state index in [0.717, 1.165) is 38.1 Å². The third kappa shape index (κ3) is 5.54. The first-order chi connectivity index (χ1) is 7.83. The average molecular weight is 218 g/mol. The first kappa shape index (κ1) is 12.8. The van der Waals surface area contributed by atoms with Crippen LogP contribution in [0.25, 0.3) is 0 Å². The molecule has 0 radical (unpaired) electrons. The number of hydrogen-bond donors (Lipinski definition) is 1. The number of amidine groups is 1. The molecule has 1 aromatic rings. The molecule has 0 bridgehead atoms. The third-order valence-corrected chi connectivity index (χ3v) is 2.57. The lowest BCUT2D eigenvalue weighted by atomic mass is 10.1. The second-order valence-electron chi connectivity index (χ2n) is 4.07. The van der Waals surface area contributed by atoms with Crippen LogP contribution < -0.4 is 5.73 Å². The van der Waals surface area contributed by atoms with Crippen molar-refractivity contribution in [3.8, 4) is 0 Å². The zero-order valence-electron chi connectivity index (χ0n) is 10.2. The molecule has 2 heteroatoms. The van der Waals surface area contributed by atoms with E-state index in [-0.39, 0.29) is 0 Å². The quantitative estimate of drug-likeness (QED) is 0.426. The highest BCUT2D eigenvalue weighted by atomic mass is 14.8. The first-order valence-corrected chi connectivity index (χ1v) is 6.15. The number of nitrogens with zero attached hydrogens (tertiary/aromatic N) is 1. The van der Waals surface area contributed by atoms with Crippen LogP contribution in [0.5, 0.6) is 0 Å². The maximum atomic E-state index is 5.79. The van der Waals surface area contributed by atoms with Crippen molar-refractivity contribution in [3.63, 3.8) is 0 Å². The van der Waals surface area contributed by atoms with Crippen LogP contribution >= 0.6 is 0 Å². The minimum atomic E-state index is 0.815. The summed E-state index contributed by atoms with van der Waals surface area (Å²) in [4.78, 5) is 4.37. The summed E-state index contributed by atoms with van der Waals surface area (Å²) >= 11 is 0. The zero-order valence-corrected chi connectivity index (χ0v) is 10.2. The van der Waals surface area contributed by atoms with Gasteiger partial charge < -0.3 is 5.73 Å². The monoisotopic (exact) mass is 218 g/mol. The summed E-state index contributed by atoms with van der Waals surface area (Å²) in [6.45, 7) is 3.02. The Morgan fingerprint density at radius 2 is 1.94 bits per heavy atom. The first-order valence-electron chi connectivity index (χ1n) is 6.15. The van der Waals surface area contributed by atoms with E-state index in [9.17, 15) is 0 Å².